The Morgan fingerprint density at radius 2 is 1.78 bits per heavy atom. The van der Waals surface area contributed by atoms with E-state index in [1.165, 1.54) is 0 Å². The summed E-state index contributed by atoms with van der Waals surface area (Å²) in [6, 6.07) is 14.9. The number of piperazine rings is 1. The van der Waals surface area contributed by atoms with Gasteiger partial charge in [0.2, 0.25) is 0 Å². The maximum absolute atomic E-state index is 12.4. The Balaban J connectivity index is 1.52. The summed E-state index contributed by atoms with van der Waals surface area (Å²) in [4.78, 5) is 17.0. The van der Waals surface area contributed by atoms with Crippen molar-refractivity contribution in [3.63, 3.8) is 0 Å². The van der Waals surface area contributed by atoms with Gasteiger partial charge in [-0.25, -0.2) is 0 Å². The predicted molar refractivity (Wildman–Crippen MR) is 118 cm³/mol. The van der Waals surface area contributed by atoms with E-state index in [-0.39, 0.29) is 5.91 Å². The van der Waals surface area contributed by atoms with Crippen LogP contribution in [0.3, 0.4) is 0 Å². The predicted octanol–water partition coefficient (Wildman–Crippen LogP) is 3.29. The monoisotopic (exact) mass is 400 g/mol. The number of nitrogens with one attached hydrogen (secondary N) is 1. The Hall–Kier alpha value is -2.09. The van der Waals surface area contributed by atoms with Crippen LogP contribution in [0.4, 0.5) is 11.4 Å². The summed E-state index contributed by atoms with van der Waals surface area (Å²) in [5.74, 6) is 0.638. The molecule has 0 atom stereocenters. The molecule has 27 heavy (non-hydrogen) atoms. The van der Waals surface area contributed by atoms with Crippen LogP contribution >= 0.6 is 24.0 Å². The molecule has 0 aliphatic carbocycles. The maximum Gasteiger partial charge on any atom is 0.255 e. The molecule has 1 aliphatic rings. The van der Waals surface area contributed by atoms with Crippen LogP contribution in [0, 0.1) is 0 Å². The van der Waals surface area contributed by atoms with E-state index in [0.717, 1.165) is 41.8 Å². The molecule has 0 radical (unpaired) electrons. The molecule has 2 aromatic carbocycles. The molecule has 3 rings (SSSR count). The van der Waals surface area contributed by atoms with Gasteiger partial charge in [0.1, 0.15) is 4.32 Å². The highest BCUT2D eigenvalue weighted by atomic mass is 32.2. The number of hydrogen-bond acceptors (Lipinski definition) is 5. The zero-order chi connectivity index (χ0) is 19.2. The lowest BCUT2D eigenvalue weighted by atomic mass is 10.1. The summed E-state index contributed by atoms with van der Waals surface area (Å²) >= 11 is 7.24. The molecule has 1 aliphatic heterocycles. The molecular weight excluding hydrogens is 376 g/mol. The van der Waals surface area contributed by atoms with Gasteiger partial charge in [0, 0.05) is 37.5 Å². The zero-order valence-electron chi connectivity index (χ0n) is 15.4. The summed E-state index contributed by atoms with van der Waals surface area (Å²) in [5.41, 5.74) is 8.80. The Morgan fingerprint density at radius 1 is 1.11 bits per heavy atom. The van der Waals surface area contributed by atoms with Gasteiger partial charge < -0.3 is 20.9 Å². The Morgan fingerprint density at radius 3 is 2.44 bits per heavy atom. The quantitative estimate of drug-likeness (QED) is 0.607. The zero-order valence-corrected chi connectivity index (χ0v) is 17.0. The van der Waals surface area contributed by atoms with Crippen LogP contribution in [0.25, 0.3) is 0 Å². The molecule has 0 bridgehead atoms. The maximum atomic E-state index is 12.4. The van der Waals surface area contributed by atoms with E-state index < -0.39 is 0 Å². The van der Waals surface area contributed by atoms with Crippen molar-refractivity contribution in [3.8, 4) is 0 Å². The van der Waals surface area contributed by atoms with Gasteiger partial charge in [-0.15, -0.1) is 0 Å². The Labute approximate surface area is 169 Å². The van der Waals surface area contributed by atoms with Crippen LogP contribution in [0.15, 0.2) is 48.5 Å². The lowest BCUT2D eigenvalue weighted by Crippen LogP contribution is -2.45. The molecule has 0 aromatic heterocycles. The minimum absolute atomic E-state index is 0.167. The third-order valence-electron chi connectivity index (χ3n) is 4.55. The molecule has 5 nitrogen and oxygen atoms in total. The van der Waals surface area contributed by atoms with Gasteiger partial charge in [-0.1, -0.05) is 48.2 Å². The van der Waals surface area contributed by atoms with Crippen LogP contribution < -0.4 is 11.1 Å². The van der Waals surface area contributed by atoms with Crippen molar-refractivity contribution in [2.75, 3.05) is 44.3 Å². The smallest absolute Gasteiger partial charge is 0.255 e. The summed E-state index contributed by atoms with van der Waals surface area (Å²) in [6.07, 6.45) is 0. The van der Waals surface area contributed by atoms with Crippen molar-refractivity contribution in [2.24, 2.45) is 0 Å². The van der Waals surface area contributed by atoms with E-state index in [1.54, 1.807) is 23.9 Å². The minimum Gasteiger partial charge on any atom is -0.397 e. The van der Waals surface area contributed by atoms with E-state index in [1.807, 2.05) is 36.4 Å². The van der Waals surface area contributed by atoms with Crippen molar-refractivity contribution in [1.82, 2.24) is 9.80 Å². The number of para-hydroxylation sites is 2. The average molecular weight is 401 g/mol. The molecule has 1 amide bonds. The number of likely N-dealkylation sites (N-methyl/N-ethyl adjacent to an activating group) is 1. The van der Waals surface area contributed by atoms with Gasteiger partial charge in [-0.05, 0) is 36.9 Å². The van der Waals surface area contributed by atoms with Gasteiger partial charge in [0.15, 0.2) is 0 Å². The van der Waals surface area contributed by atoms with E-state index in [2.05, 4.69) is 22.2 Å². The number of thiocarbonyl (C=S) groups is 1. The van der Waals surface area contributed by atoms with Gasteiger partial charge in [-0.3, -0.25) is 4.79 Å². The number of thioether (sulfide) groups is 1. The fourth-order valence-corrected chi connectivity index (χ4v) is 3.99. The number of hydrogen-bond donors (Lipinski definition) is 2. The summed E-state index contributed by atoms with van der Waals surface area (Å²) < 4.78 is 0.949. The molecule has 0 spiro atoms. The van der Waals surface area contributed by atoms with Crippen LogP contribution in [-0.2, 0) is 5.75 Å². The molecule has 3 N–H and O–H groups in total. The normalized spacial score (nSPS) is 14.8. The highest BCUT2D eigenvalue weighted by Crippen LogP contribution is 2.20. The molecule has 1 heterocycles. The third-order valence-corrected chi connectivity index (χ3v) is 6.14. The number of carbonyl (C=O) groups is 1. The van der Waals surface area contributed by atoms with Crippen molar-refractivity contribution in [2.45, 2.75) is 5.75 Å². The highest BCUT2D eigenvalue weighted by Gasteiger charge is 2.16. The molecule has 0 unspecified atom stereocenters. The Kier molecular flexibility index (Phi) is 6.71. The lowest BCUT2D eigenvalue weighted by molar-refractivity contribution is 0.102. The first-order valence-electron chi connectivity index (χ1n) is 8.88. The van der Waals surface area contributed by atoms with Crippen molar-refractivity contribution in [1.29, 1.82) is 0 Å². The summed E-state index contributed by atoms with van der Waals surface area (Å²) in [6.45, 7) is 4.08. The second-order valence-corrected chi connectivity index (χ2v) is 8.19. The van der Waals surface area contributed by atoms with Crippen LogP contribution in [-0.4, -0.2) is 53.3 Å². The van der Waals surface area contributed by atoms with E-state index >= 15 is 0 Å². The first kappa shape index (κ1) is 19.7. The van der Waals surface area contributed by atoms with Gasteiger partial charge in [0.05, 0.1) is 11.4 Å². The first-order chi connectivity index (χ1) is 13.0. The molecular formula is C20H24N4OS2. The number of amides is 1. The topological polar surface area (TPSA) is 61.6 Å². The van der Waals surface area contributed by atoms with Gasteiger partial charge >= 0.3 is 0 Å². The summed E-state index contributed by atoms with van der Waals surface area (Å²) in [5, 5.41) is 2.84. The lowest BCUT2D eigenvalue weighted by Gasteiger charge is -2.33. The fourth-order valence-electron chi connectivity index (χ4n) is 2.78. The first-order valence-corrected chi connectivity index (χ1v) is 10.3. The van der Waals surface area contributed by atoms with Crippen molar-refractivity contribution < 1.29 is 4.79 Å². The number of nitrogen functional groups attached to an aromatic ring is 1. The molecule has 142 valence electrons. The van der Waals surface area contributed by atoms with E-state index in [0.29, 0.717) is 16.9 Å². The second kappa shape index (κ2) is 9.21. The molecule has 1 saturated heterocycles. The SMILES string of the molecule is CN1CCN(C(=S)SCc2ccc(C(=O)Nc3ccccc3N)cc2)CC1. The molecule has 0 saturated carbocycles. The van der Waals surface area contributed by atoms with E-state index in [4.69, 9.17) is 18.0 Å². The van der Waals surface area contributed by atoms with Crippen molar-refractivity contribution >= 4 is 45.6 Å². The van der Waals surface area contributed by atoms with Crippen LogP contribution in [0.2, 0.25) is 0 Å². The van der Waals surface area contributed by atoms with E-state index in [9.17, 15) is 4.79 Å². The van der Waals surface area contributed by atoms with Gasteiger partial charge in [-0.2, -0.15) is 0 Å². The average Bonchev–Trinajstić information content (AvgIpc) is 2.69. The number of nitrogens with zero attached hydrogens (tertiary/aromatic N) is 2. The highest BCUT2D eigenvalue weighted by molar-refractivity contribution is 8.22. The standard InChI is InChI=1S/C20H24N4OS2/c1-23-10-12-24(13-11-23)20(26)27-14-15-6-8-16(9-7-15)19(25)22-18-5-3-2-4-17(18)21/h2-9H,10-14,21H2,1H3,(H,22,25). The number of carbonyl (C=O) groups excluding carboxylic acids is 1. The number of rotatable bonds is 4. The molecule has 1 fully saturated rings. The number of benzene rings is 2. The van der Waals surface area contributed by atoms with Crippen LogP contribution in [0.5, 0.6) is 0 Å². The third kappa shape index (κ3) is 5.45. The molecule has 7 heteroatoms. The van der Waals surface area contributed by atoms with Crippen molar-refractivity contribution in [3.05, 3.63) is 59.7 Å². The largest absolute Gasteiger partial charge is 0.397 e. The van der Waals surface area contributed by atoms with Crippen LogP contribution in [0.1, 0.15) is 15.9 Å². The number of nitrogens with two attached hydrogens (primary N) is 1. The van der Waals surface area contributed by atoms with Gasteiger partial charge in [0.25, 0.3) is 5.91 Å². The Bertz CT molecular complexity index is 802. The minimum atomic E-state index is -0.167. The summed E-state index contributed by atoms with van der Waals surface area (Å²) in [7, 11) is 2.14. The number of anilines is 2. The second-order valence-electron chi connectivity index (χ2n) is 6.58. The molecule has 2 aromatic rings. The fraction of sp³-hybridized carbons (Fsp3) is 0.300.